The maximum absolute atomic E-state index is 10.3. The summed E-state index contributed by atoms with van der Waals surface area (Å²) >= 11 is 1.55. The third-order valence-electron chi connectivity index (χ3n) is 2.35. The molecule has 0 aliphatic heterocycles. The van der Waals surface area contributed by atoms with Gasteiger partial charge in [-0.05, 0) is 25.3 Å². The fraction of sp³-hybridized carbons (Fsp3) is 0.583. The second-order valence-electron chi connectivity index (χ2n) is 4.32. The maximum Gasteiger partial charge on any atom is 0.193 e. The zero-order chi connectivity index (χ0) is 12.9. The molecule has 0 amide bonds. The number of aliphatic hydroxyl groups is 1. The molecule has 0 aromatic carbocycles. The molecule has 96 valence electrons. The normalized spacial score (nSPS) is 15.5. The Hall–Kier alpha value is -1.07. The first kappa shape index (κ1) is 14.0. The predicted molar refractivity (Wildman–Crippen MR) is 73.6 cm³/mol. The average molecular weight is 255 g/mol. The van der Waals surface area contributed by atoms with Gasteiger partial charge in [0.2, 0.25) is 0 Å². The molecule has 0 radical (unpaired) electrons. The first-order valence-corrected chi connectivity index (χ1v) is 6.57. The summed E-state index contributed by atoms with van der Waals surface area (Å²) in [6.45, 7) is 4.99. The van der Waals surface area contributed by atoms with Crippen molar-refractivity contribution in [2.75, 3.05) is 27.2 Å². The number of nitrogens with one attached hydrogen (secondary N) is 1. The smallest absolute Gasteiger partial charge is 0.193 e. The number of nitrogens with zero attached hydrogens (tertiary/aromatic N) is 2. The van der Waals surface area contributed by atoms with Gasteiger partial charge in [0, 0.05) is 25.5 Å². The molecular formula is C12H21N3OS. The molecular weight excluding hydrogens is 234 g/mol. The van der Waals surface area contributed by atoms with Gasteiger partial charge in [-0.1, -0.05) is 6.07 Å². The summed E-state index contributed by atoms with van der Waals surface area (Å²) in [6, 6.07) is 3.87. The number of guanidine groups is 1. The highest BCUT2D eigenvalue weighted by molar-refractivity contribution is 7.10. The monoisotopic (exact) mass is 255 g/mol. The lowest BCUT2D eigenvalue weighted by molar-refractivity contribution is 0.0709. The van der Waals surface area contributed by atoms with E-state index in [4.69, 9.17) is 0 Å². The number of rotatable bonds is 4. The Balaban J connectivity index is 2.73. The molecule has 17 heavy (non-hydrogen) atoms. The van der Waals surface area contributed by atoms with Crippen LogP contribution in [-0.2, 0) is 5.60 Å². The Morgan fingerprint density at radius 3 is 2.76 bits per heavy atom. The molecule has 0 saturated heterocycles. The van der Waals surface area contributed by atoms with Crippen LogP contribution in [0.2, 0.25) is 0 Å². The van der Waals surface area contributed by atoms with Crippen molar-refractivity contribution in [3.8, 4) is 0 Å². The molecule has 0 fully saturated rings. The Morgan fingerprint density at radius 1 is 1.59 bits per heavy atom. The van der Waals surface area contributed by atoms with E-state index in [0.29, 0.717) is 6.54 Å². The van der Waals surface area contributed by atoms with E-state index in [-0.39, 0.29) is 0 Å². The minimum atomic E-state index is -0.898. The van der Waals surface area contributed by atoms with E-state index in [1.165, 1.54) is 0 Å². The highest BCUT2D eigenvalue weighted by atomic mass is 32.1. The fourth-order valence-corrected chi connectivity index (χ4v) is 2.18. The lowest BCUT2D eigenvalue weighted by Gasteiger charge is -2.22. The number of hydrogen-bond acceptors (Lipinski definition) is 3. The minimum Gasteiger partial charge on any atom is -0.383 e. The Bertz CT molecular complexity index is 358. The van der Waals surface area contributed by atoms with Gasteiger partial charge < -0.3 is 15.3 Å². The van der Waals surface area contributed by atoms with Crippen LogP contribution in [0.1, 0.15) is 18.7 Å². The van der Waals surface area contributed by atoms with Crippen molar-refractivity contribution in [2.45, 2.75) is 19.4 Å². The van der Waals surface area contributed by atoms with Crippen LogP contribution in [0.25, 0.3) is 0 Å². The van der Waals surface area contributed by atoms with E-state index in [0.717, 1.165) is 17.4 Å². The summed E-state index contributed by atoms with van der Waals surface area (Å²) in [5.74, 6) is 0.796. The third-order valence-corrected chi connectivity index (χ3v) is 3.47. The Morgan fingerprint density at radius 2 is 2.29 bits per heavy atom. The average Bonchev–Trinajstić information content (AvgIpc) is 2.77. The van der Waals surface area contributed by atoms with Gasteiger partial charge in [0.15, 0.2) is 5.96 Å². The fourth-order valence-electron chi connectivity index (χ4n) is 1.41. The van der Waals surface area contributed by atoms with Gasteiger partial charge in [0.1, 0.15) is 5.60 Å². The van der Waals surface area contributed by atoms with Gasteiger partial charge in [0.25, 0.3) is 0 Å². The van der Waals surface area contributed by atoms with E-state index in [1.54, 1.807) is 18.3 Å². The van der Waals surface area contributed by atoms with E-state index in [2.05, 4.69) is 10.3 Å². The van der Waals surface area contributed by atoms with Gasteiger partial charge >= 0.3 is 0 Å². The summed E-state index contributed by atoms with van der Waals surface area (Å²) in [5.41, 5.74) is -0.898. The first-order chi connectivity index (χ1) is 7.97. The van der Waals surface area contributed by atoms with Crippen LogP contribution < -0.4 is 5.32 Å². The maximum atomic E-state index is 10.3. The van der Waals surface area contributed by atoms with Crippen molar-refractivity contribution >= 4 is 17.3 Å². The SMILES string of the molecule is CCNC(=NCC(C)(O)c1cccs1)N(C)C. The van der Waals surface area contributed by atoms with Crippen molar-refractivity contribution in [3.63, 3.8) is 0 Å². The second kappa shape index (κ2) is 6.02. The van der Waals surface area contributed by atoms with Crippen molar-refractivity contribution in [3.05, 3.63) is 22.4 Å². The number of hydrogen-bond donors (Lipinski definition) is 2. The Labute approximate surface area is 107 Å². The molecule has 1 aromatic heterocycles. The van der Waals surface area contributed by atoms with Gasteiger partial charge in [-0.2, -0.15) is 0 Å². The summed E-state index contributed by atoms with van der Waals surface area (Å²) in [5, 5.41) is 15.5. The Kier molecular flexibility index (Phi) is 4.96. The van der Waals surface area contributed by atoms with Crippen LogP contribution >= 0.6 is 11.3 Å². The molecule has 1 atom stereocenters. The number of aliphatic imine (C=N–C) groups is 1. The highest BCUT2D eigenvalue weighted by Gasteiger charge is 2.24. The van der Waals surface area contributed by atoms with Crippen LogP contribution in [-0.4, -0.2) is 43.2 Å². The minimum absolute atomic E-state index is 0.355. The van der Waals surface area contributed by atoms with E-state index in [1.807, 2.05) is 43.4 Å². The zero-order valence-corrected chi connectivity index (χ0v) is 11.7. The molecule has 0 bridgehead atoms. The molecule has 4 nitrogen and oxygen atoms in total. The second-order valence-corrected chi connectivity index (χ2v) is 5.26. The molecule has 1 heterocycles. The predicted octanol–water partition coefficient (Wildman–Crippen LogP) is 1.48. The third kappa shape index (κ3) is 4.02. The molecule has 5 heteroatoms. The van der Waals surface area contributed by atoms with Gasteiger partial charge in [-0.25, -0.2) is 4.99 Å². The van der Waals surface area contributed by atoms with E-state index in [9.17, 15) is 5.11 Å². The topological polar surface area (TPSA) is 47.9 Å². The van der Waals surface area contributed by atoms with Gasteiger partial charge in [0.05, 0.1) is 6.54 Å². The van der Waals surface area contributed by atoms with Crippen LogP contribution in [0.5, 0.6) is 0 Å². The van der Waals surface area contributed by atoms with Gasteiger partial charge in [-0.15, -0.1) is 11.3 Å². The van der Waals surface area contributed by atoms with Crippen LogP contribution in [0.15, 0.2) is 22.5 Å². The molecule has 0 spiro atoms. The summed E-state index contributed by atoms with van der Waals surface area (Å²) < 4.78 is 0. The molecule has 2 N–H and O–H groups in total. The zero-order valence-electron chi connectivity index (χ0n) is 10.9. The summed E-state index contributed by atoms with van der Waals surface area (Å²) in [6.07, 6.45) is 0. The van der Waals surface area contributed by atoms with Crippen molar-refractivity contribution in [1.82, 2.24) is 10.2 Å². The van der Waals surface area contributed by atoms with Gasteiger partial charge in [-0.3, -0.25) is 0 Å². The van der Waals surface area contributed by atoms with Crippen molar-refractivity contribution in [1.29, 1.82) is 0 Å². The largest absolute Gasteiger partial charge is 0.383 e. The lowest BCUT2D eigenvalue weighted by atomic mass is 10.1. The van der Waals surface area contributed by atoms with Crippen LogP contribution in [0.3, 0.4) is 0 Å². The summed E-state index contributed by atoms with van der Waals surface area (Å²) in [4.78, 5) is 7.28. The highest BCUT2D eigenvalue weighted by Crippen LogP contribution is 2.25. The van der Waals surface area contributed by atoms with Crippen molar-refractivity contribution < 1.29 is 5.11 Å². The van der Waals surface area contributed by atoms with Crippen molar-refractivity contribution in [2.24, 2.45) is 4.99 Å². The molecule has 1 aromatic rings. The molecule has 0 aliphatic carbocycles. The van der Waals surface area contributed by atoms with E-state index < -0.39 is 5.60 Å². The molecule has 0 aliphatic rings. The molecule has 0 saturated carbocycles. The van der Waals surface area contributed by atoms with Crippen LogP contribution in [0, 0.1) is 0 Å². The lowest BCUT2D eigenvalue weighted by Crippen LogP contribution is -2.37. The molecule has 1 rings (SSSR count). The first-order valence-electron chi connectivity index (χ1n) is 5.69. The molecule has 1 unspecified atom stereocenters. The number of thiophene rings is 1. The summed E-state index contributed by atoms with van der Waals surface area (Å²) in [7, 11) is 3.86. The quantitative estimate of drug-likeness (QED) is 0.633. The van der Waals surface area contributed by atoms with Crippen LogP contribution in [0.4, 0.5) is 0 Å². The standard InChI is InChI=1S/C12H21N3OS/c1-5-13-11(15(3)4)14-9-12(2,16)10-7-6-8-17-10/h6-8,16H,5,9H2,1-4H3,(H,13,14). The van der Waals surface area contributed by atoms with E-state index >= 15 is 0 Å².